The summed E-state index contributed by atoms with van der Waals surface area (Å²) in [6.07, 6.45) is 1.28. The molecule has 1 aromatic rings. The Hall–Kier alpha value is -2.22. The summed E-state index contributed by atoms with van der Waals surface area (Å²) >= 11 is 0. The van der Waals surface area contributed by atoms with E-state index in [1.54, 1.807) is 0 Å². The highest BCUT2D eigenvalue weighted by atomic mass is 32.3. The van der Waals surface area contributed by atoms with Crippen LogP contribution in [0.1, 0.15) is 23.3 Å². The van der Waals surface area contributed by atoms with Gasteiger partial charge in [0, 0.05) is 18.3 Å². The Morgan fingerprint density at radius 2 is 2.23 bits per heavy atom. The highest BCUT2D eigenvalue weighted by Crippen LogP contribution is 2.43. The van der Waals surface area contributed by atoms with Crippen LogP contribution in [0.2, 0.25) is 0 Å². The Labute approximate surface area is 124 Å². The topological polar surface area (TPSA) is 174 Å². The van der Waals surface area contributed by atoms with Crippen LogP contribution in [0.25, 0.3) is 0 Å². The van der Waals surface area contributed by atoms with Crippen LogP contribution >= 0.6 is 0 Å². The van der Waals surface area contributed by atoms with Crippen LogP contribution < -0.4 is 11.5 Å². The minimum absolute atomic E-state index is 0.000943. The quantitative estimate of drug-likeness (QED) is 0.551. The van der Waals surface area contributed by atoms with Gasteiger partial charge in [-0.3, -0.25) is 4.55 Å². The molecule has 0 unspecified atom stereocenters. The SMILES string of the molecule is NC[C@@H]1c2nn(C(N)=O)cc2[C@H]2CN1C(=O)N2OS(=O)(=O)O. The molecule has 3 rings (SSSR count). The Kier molecular flexibility index (Phi) is 3.10. The molecule has 3 heterocycles. The Balaban J connectivity index is 2.08. The van der Waals surface area contributed by atoms with E-state index in [4.69, 9.17) is 16.0 Å². The lowest BCUT2D eigenvalue weighted by molar-refractivity contribution is -0.0317. The second-order valence-corrected chi connectivity index (χ2v) is 5.79. The van der Waals surface area contributed by atoms with Gasteiger partial charge in [-0.1, -0.05) is 0 Å². The number of nitrogens with two attached hydrogens (primary N) is 2. The first-order valence-electron chi connectivity index (χ1n) is 6.09. The lowest BCUT2D eigenvalue weighted by Gasteiger charge is -2.28. The Morgan fingerprint density at radius 3 is 2.77 bits per heavy atom. The minimum atomic E-state index is -4.89. The zero-order valence-electron chi connectivity index (χ0n) is 11.0. The maximum Gasteiger partial charge on any atom is 0.418 e. The normalized spacial score (nSPS) is 23.8. The molecular weight excluding hydrogens is 320 g/mol. The van der Waals surface area contributed by atoms with Gasteiger partial charge in [-0.05, 0) is 0 Å². The lowest BCUT2D eigenvalue weighted by Crippen LogP contribution is -2.38. The molecule has 0 spiro atoms. The number of nitrogens with zero attached hydrogens (tertiary/aromatic N) is 4. The summed E-state index contributed by atoms with van der Waals surface area (Å²) < 4.78 is 35.8. The molecule has 12 nitrogen and oxygen atoms in total. The molecule has 5 N–H and O–H groups in total. The number of fused-ring (bicyclic) bond motifs is 4. The number of urea groups is 1. The number of aromatic nitrogens is 2. The van der Waals surface area contributed by atoms with Crippen molar-refractivity contribution in [2.45, 2.75) is 12.1 Å². The molecule has 120 valence electrons. The summed E-state index contributed by atoms with van der Waals surface area (Å²) in [6, 6.07) is -3.14. The van der Waals surface area contributed by atoms with E-state index in [1.165, 1.54) is 11.1 Å². The molecule has 0 aliphatic carbocycles. The first kappa shape index (κ1) is 14.7. The molecule has 0 radical (unpaired) electrons. The summed E-state index contributed by atoms with van der Waals surface area (Å²) in [7, 11) is -4.89. The number of carbonyl (C=O) groups is 2. The van der Waals surface area contributed by atoms with Crippen molar-refractivity contribution in [2.75, 3.05) is 13.1 Å². The second-order valence-electron chi connectivity index (χ2n) is 4.78. The van der Waals surface area contributed by atoms with E-state index in [1.807, 2.05) is 0 Å². The monoisotopic (exact) mass is 332 g/mol. The van der Waals surface area contributed by atoms with Gasteiger partial charge in [0.1, 0.15) is 6.04 Å². The maximum atomic E-state index is 12.2. The molecule has 1 saturated heterocycles. The average Bonchev–Trinajstić information content (AvgIpc) is 2.95. The van der Waals surface area contributed by atoms with Crippen molar-refractivity contribution in [3.8, 4) is 0 Å². The summed E-state index contributed by atoms with van der Waals surface area (Å²) in [5, 5.41) is 4.49. The largest absolute Gasteiger partial charge is 0.418 e. The van der Waals surface area contributed by atoms with Crippen molar-refractivity contribution < 1.29 is 26.8 Å². The molecular formula is C9H12N6O6S. The zero-order valence-corrected chi connectivity index (χ0v) is 11.8. The zero-order chi connectivity index (χ0) is 16.2. The first-order chi connectivity index (χ1) is 10.2. The van der Waals surface area contributed by atoms with Gasteiger partial charge >= 0.3 is 22.5 Å². The summed E-state index contributed by atoms with van der Waals surface area (Å²) in [5.74, 6) is 0. The Morgan fingerprint density at radius 1 is 1.55 bits per heavy atom. The molecule has 2 atom stereocenters. The van der Waals surface area contributed by atoms with Crippen molar-refractivity contribution in [2.24, 2.45) is 11.5 Å². The average molecular weight is 332 g/mol. The van der Waals surface area contributed by atoms with Crippen molar-refractivity contribution in [1.82, 2.24) is 19.7 Å². The predicted octanol–water partition coefficient (Wildman–Crippen LogP) is -1.66. The number of rotatable bonds is 3. The summed E-state index contributed by atoms with van der Waals surface area (Å²) in [6.45, 7) is 0.0780. The fourth-order valence-electron chi connectivity index (χ4n) is 2.68. The van der Waals surface area contributed by atoms with Gasteiger partial charge in [-0.2, -0.15) is 23.3 Å². The number of hydroxylamine groups is 2. The molecule has 2 aliphatic rings. The third kappa shape index (κ3) is 2.10. The molecule has 13 heteroatoms. The van der Waals surface area contributed by atoms with Gasteiger partial charge in [0.05, 0.1) is 18.3 Å². The number of primary amides is 1. The lowest BCUT2D eigenvalue weighted by atomic mass is 9.98. The van der Waals surface area contributed by atoms with Crippen LogP contribution in [0.5, 0.6) is 0 Å². The van der Waals surface area contributed by atoms with Crippen molar-refractivity contribution in [1.29, 1.82) is 0 Å². The molecule has 1 fully saturated rings. The minimum Gasteiger partial charge on any atom is -0.350 e. The predicted molar refractivity (Wildman–Crippen MR) is 68.3 cm³/mol. The van der Waals surface area contributed by atoms with Crippen molar-refractivity contribution in [3.63, 3.8) is 0 Å². The highest BCUT2D eigenvalue weighted by molar-refractivity contribution is 7.80. The van der Waals surface area contributed by atoms with Crippen LogP contribution in [0.4, 0.5) is 9.59 Å². The molecule has 3 amide bonds. The number of amides is 3. The second kappa shape index (κ2) is 4.64. The molecule has 1 aromatic heterocycles. The van der Waals surface area contributed by atoms with E-state index in [-0.39, 0.29) is 13.1 Å². The number of carbonyl (C=O) groups excluding carboxylic acids is 2. The fourth-order valence-corrected chi connectivity index (χ4v) is 3.06. The Bertz CT molecular complexity index is 759. The highest BCUT2D eigenvalue weighted by Gasteiger charge is 2.51. The van der Waals surface area contributed by atoms with Gasteiger partial charge in [0.25, 0.3) is 0 Å². The third-order valence-corrected chi connectivity index (χ3v) is 3.88. The molecule has 2 aliphatic heterocycles. The number of hydrogen-bond donors (Lipinski definition) is 3. The van der Waals surface area contributed by atoms with Gasteiger partial charge < -0.3 is 16.4 Å². The van der Waals surface area contributed by atoms with Gasteiger partial charge in [0.2, 0.25) is 0 Å². The van der Waals surface area contributed by atoms with Crippen LogP contribution in [0, 0.1) is 0 Å². The van der Waals surface area contributed by atoms with E-state index in [9.17, 15) is 18.0 Å². The van der Waals surface area contributed by atoms with Crippen LogP contribution in [0.3, 0.4) is 0 Å². The van der Waals surface area contributed by atoms with Gasteiger partial charge in [-0.25, -0.2) is 9.59 Å². The number of hydrogen-bond acceptors (Lipinski definition) is 7. The standard InChI is InChI=1S/C9H12N6O6S/c10-1-5-7-4(2-14(12-7)8(11)16)6-3-13(5)9(17)15(6)21-22(18,19)20/h2,5-6H,1,3,10H2,(H2,11,16)(H,18,19,20)/t5-,6-/m1/s1. The van der Waals surface area contributed by atoms with Crippen molar-refractivity contribution in [3.05, 3.63) is 17.5 Å². The van der Waals surface area contributed by atoms with E-state index in [0.717, 1.165) is 4.68 Å². The summed E-state index contributed by atoms with van der Waals surface area (Å²) in [5.41, 5.74) is 11.5. The van der Waals surface area contributed by atoms with Gasteiger partial charge in [-0.15, -0.1) is 4.28 Å². The van der Waals surface area contributed by atoms with E-state index in [2.05, 4.69) is 9.38 Å². The maximum absolute atomic E-state index is 12.2. The van der Waals surface area contributed by atoms with Crippen LogP contribution in [0.15, 0.2) is 6.20 Å². The van der Waals surface area contributed by atoms with E-state index < -0.39 is 34.5 Å². The molecule has 0 saturated carbocycles. The van der Waals surface area contributed by atoms with Crippen LogP contribution in [-0.2, 0) is 14.7 Å². The molecule has 0 aromatic carbocycles. The van der Waals surface area contributed by atoms with Crippen molar-refractivity contribution >= 4 is 22.5 Å². The smallest absolute Gasteiger partial charge is 0.350 e. The molecule has 22 heavy (non-hydrogen) atoms. The summed E-state index contributed by atoms with van der Waals surface area (Å²) in [4.78, 5) is 24.7. The van der Waals surface area contributed by atoms with Gasteiger partial charge in [0.15, 0.2) is 0 Å². The fraction of sp³-hybridized carbons (Fsp3) is 0.444. The van der Waals surface area contributed by atoms with E-state index in [0.29, 0.717) is 16.3 Å². The van der Waals surface area contributed by atoms with Crippen LogP contribution in [-0.4, -0.2) is 57.9 Å². The molecule has 2 bridgehead atoms. The first-order valence-corrected chi connectivity index (χ1v) is 7.45. The third-order valence-electron chi connectivity index (χ3n) is 3.53. The van der Waals surface area contributed by atoms with E-state index >= 15 is 0 Å².